The molecule has 4 aliphatic rings. The summed E-state index contributed by atoms with van der Waals surface area (Å²) in [4.78, 5) is 18.6. The summed E-state index contributed by atoms with van der Waals surface area (Å²) in [7, 11) is 0. The lowest BCUT2D eigenvalue weighted by Gasteiger charge is -2.40. The highest BCUT2D eigenvalue weighted by Crippen LogP contribution is 2.46. The number of anilines is 1. The van der Waals surface area contributed by atoms with Gasteiger partial charge in [0.25, 0.3) is 0 Å². The molecule has 3 aromatic rings. The summed E-state index contributed by atoms with van der Waals surface area (Å²) in [5.74, 6) is 0.597. The smallest absolute Gasteiger partial charge is 0.405 e. The first-order valence-corrected chi connectivity index (χ1v) is 13.9. The summed E-state index contributed by atoms with van der Waals surface area (Å²) < 4.78 is 55.7. The first-order chi connectivity index (χ1) is 19.8. The predicted molar refractivity (Wildman–Crippen MR) is 140 cm³/mol. The minimum absolute atomic E-state index is 0.00884. The van der Waals surface area contributed by atoms with Crippen LogP contribution in [-0.2, 0) is 16.2 Å². The van der Waals surface area contributed by atoms with Crippen molar-refractivity contribution < 1.29 is 36.8 Å². The van der Waals surface area contributed by atoms with Crippen LogP contribution in [0.25, 0.3) is 11.3 Å². The van der Waals surface area contributed by atoms with Crippen LogP contribution >= 0.6 is 0 Å². The molecule has 7 rings (SSSR count). The number of benzene rings is 2. The number of ether oxygens (including phenoxy) is 2. The summed E-state index contributed by atoms with van der Waals surface area (Å²) in [6, 6.07) is 14.7. The van der Waals surface area contributed by atoms with Gasteiger partial charge in [0.1, 0.15) is 23.4 Å². The van der Waals surface area contributed by atoms with Gasteiger partial charge >= 0.3 is 12.5 Å². The van der Waals surface area contributed by atoms with Crippen LogP contribution in [-0.4, -0.2) is 35.8 Å². The highest BCUT2D eigenvalue weighted by molar-refractivity contribution is 5.71. The van der Waals surface area contributed by atoms with Crippen LogP contribution in [0, 0.1) is 0 Å². The average molecular weight is 571 g/mol. The fraction of sp³-hybridized carbons (Fsp3) is 0.448. The van der Waals surface area contributed by atoms with Gasteiger partial charge in [-0.2, -0.15) is 0 Å². The molecule has 1 saturated carbocycles. The SMILES string of the molecule is O=C1NC(c2ccc(N3[C@@H]4CC[C@H]3CC(OCc3c(-c5ccccc5OC(F)(F)F)noc3C3CC3)C4)cc2)NO1. The number of amides is 1. The number of carbonyl (C=O) groups excluding carboxylic acids is 1. The van der Waals surface area contributed by atoms with Gasteiger partial charge < -0.3 is 23.7 Å². The molecule has 2 bridgehead atoms. The summed E-state index contributed by atoms with van der Waals surface area (Å²) in [5, 5.41) is 6.89. The summed E-state index contributed by atoms with van der Waals surface area (Å²) in [5.41, 5.74) is 5.97. The summed E-state index contributed by atoms with van der Waals surface area (Å²) >= 11 is 0. The molecule has 12 heteroatoms. The highest BCUT2D eigenvalue weighted by atomic mass is 19.4. The zero-order valence-corrected chi connectivity index (χ0v) is 22.0. The fourth-order valence-electron chi connectivity index (χ4n) is 6.38. The van der Waals surface area contributed by atoms with Crippen LogP contribution < -0.4 is 20.4 Å². The van der Waals surface area contributed by atoms with Crippen molar-refractivity contribution in [3.63, 3.8) is 0 Å². The third kappa shape index (κ3) is 5.33. The monoisotopic (exact) mass is 570 g/mol. The van der Waals surface area contributed by atoms with Crippen molar-refractivity contribution in [2.24, 2.45) is 0 Å². The zero-order chi connectivity index (χ0) is 28.1. The third-order valence-electron chi connectivity index (χ3n) is 8.34. The maximum absolute atomic E-state index is 13.1. The number of hydrogen-bond donors (Lipinski definition) is 2. The maximum atomic E-state index is 13.1. The number of para-hydroxylation sites is 1. The molecule has 2 aromatic carbocycles. The number of aromatic nitrogens is 1. The number of rotatable bonds is 8. The van der Waals surface area contributed by atoms with Crippen molar-refractivity contribution in [3.8, 4) is 17.0 Å². The number of nitrogens with one attached hydrogen (secondary N) is 2. The molecule has 0 radical (unpaired) electrons. The van der Waals surface area contributed by atoms with Gasteiger partial charge in [-0.1, -0.05) is 29.4 Å². The third-order valence-corrected chi connectivity index (χ3v) is 8.34. The van der Waals surface area contributed by atoms with E-state index in [2.05, 4.69) is 37.7 Å². The van der Waals surface area contributed by atoms with Gasteiger partial charge in [0.05, 0.1) is 12.7 Å². The van der Waals surface area contributed by atoms with Gasteiger partial charge in [-0.05, 0) is 68.4 Å². The molecule has 2 unspecified atom stereocenters. The molecule has 4 atom stereocenters. The number of hydroxylamine groups is 1. The second kappa shape index (κ2) is 10.3. The van der Waals surface area contributed by atoms with Crippen LogP contribution in [0.2, 0.25) is 0 Å². The second-order valence-electron chi connectivity index (χ2n) is 11.1. The van der Waals surface area contributed by atoms with Crippen molar-refractivity contribution in [3.05, 3.63) is 65.4 Å². The van der Waals surface area contributed by atoms with Crippen LogP contribution in [0.3, 0.4) is 0 Å². The Morgan fingerprint density at radius 2 is 1.73 bits per heavy atom. The molecule has 0 spiro atoms. The van der Waals surface area contributed by atoms with E-state index in [9.17, 15) is 18.0 Å². The molecular weight excluding hydrogens is 541 g/mol. The number of alkyl halides is 3. The van der Waals surface area contributed by atoms with Crippen LogP contribution in [0.1, 0.15) is 67.5 Å². The van der Waals surface area contributed by atoms with E-state index in [-0.39, 0.29) is 36.1 Å². The Morgan fingerprint density at radius 3 is 2.39 bits per heavy atom. The number of halogens is 3. The standard InChI is InChI=1S/C29H29F3N4O5/c30-29(31,32)39-24-4-2-1-3-22(24)25-23(26(40-34-25)16-5-6-16)15-38-21-13-19-11-12-20(14-21)36(19)18-9-7-17(8-10-18)27-33-28(37)41-35-27/h1-4,7-10,16,19-21,27,35H,5-6,11-15H2,(H,33,37)/t19-,20+,21?,27?. The molecule has 3 aliphatic heterocycles. The number of hydrogen-bond acceptors (Lipinski definition) is 8. The predicted octanol–water partition coefficient (Wildman–Crippen LogP) is 6.08. The first-order valence-electron chi connectivity index (χ1n) is 13.9. The van der Waals surface area contributed by atoms with Gasteiger partial charge in [-0.3, -0.25) is 5.32 Å². The Labute approximate surface area is 233 Å². The molecule has 1 aliphatic carbocycles. The summed E-state index contributed by atoms with van der Waals surface area (Å²) in [6.07, 6.45) is 0.0556. The van der Waals surface area contributed by atoms with Crippen LogP contribution in [0.4, 0.5) is 23.7 Å². The molecule has 9 nitrogen and oxygen atoms in total. The molecule has 1 amide bonds. The zero-order valence-electron chi connectivity index (χ0n) is 22.0. The van der Waals surface area contributed by atoms with Gasteiger partial charge in [-0.15, -0.1) is 18.7 Å². The number of nitrogens with zero attached hydrogens (tertiary/aromatic N) is 2. The van der Waals surface area contributed by atoms with E-state index in [4.69, 9.17) is 14.1 Å². The van der Waals surface area contributed by atoms with Gasteiger partial charge in [0.2, 0.25) is 0 Å². The summed E-state index contributed by atoms with van der Waals surface area (Å²) in [6.45, 7) is 0.214. The number of fused-ring (bicyclic) bond motifs is 2. The van der Waals surface area contributed by atoms with E-state index in [0.29, 0.717) is 29.1 Å². The molecule has 1 aromatic heterocycles. The lowest BCUT2D eigenvalue weighted by molar-refractivity contribution is -0.274. The van der Waals surface area contributed by atoms with Gasteiger partial charge in [-0.25, -0.2) is 4.79 Å². The maximum Gasteiger partial charge on any atom is 0.573 e. The normalized spacial score (nSPS) is 25.7. The lowest BCUT2D eigenvalue weighted by atomic mass is 9.98. The van der Waals surface area contributed by atoms with E-state index in [1.54, 1.807) is 12.1 Å². The Balaban J connectivity index is 1.05. The molecule has 3 saturated heterocycles. The molecule has 2 N–H and O–H groups in total. The van der Waals surface area contributed by atoms with Crippen LogP contribution in [0.5, 0.6) is 5.75 Å². The van der Waals surface area contributed by atoms with Crippen molar-refractivity contribution in [2.75, 3.05) is 4.90 Å². The first kappa shape index (κ1) is 26.1. The highest BCUT2D eigenvalue weighted by Gasteiger charge is 2.42. The lowest BCUT2D eigenvalue weighted by Crippen LogP contribution is -2.45. The van der Waals surface area contributed by atoms with Gasteiger partial charge in [0.15, 0.2) is 0 Å². The molecule has 4 fully saturated rings. The van der Waals surface area contributed by atoms with Gasteiger partial charge in [0, 0.05) is 34.8 Å². The van der Waals surface area contributed by atoms with Crippen molar-refractivity contribution in [1.29, 1.82) is 0 Å². The van der Waals surface area contributed by atoms with E-state index in [0.717, 1.165) is 49.8 Å². The molecule has 216 valence electrons. The van der Waals surface area contributed by atoms with E-state index >= 15 is 0 Å². The molecular formula is C29H29F3N4O5. The number of carbonyl (C=O) groups is 1. The van der Waals surface area contributed by atoms with Crippen molar-refractivity contribution >= 4 is 11.8 Å². The van der Waals surface area contributed by atoms with Crippen LogP contribution in [0.15, 0.2) is 53.1 Å². The second-order valence-corrected chi connectivity index (χ2v) is 11.1. The van der Waals surface area contributed by atoms with E-state index in [1.165, 1.54) is 12.1 Å². The Morgan fingerprint density at radius 1 is 1.00 bits per heavy atom. The molecule has 41 heavy (non-hydrogen) atoms. The minimum atomic E-state index is -4.82. The minimum Gasteiger partial charge on any atom is -0.405 e. The Kier molecular flexibility index (Phi) is 6.54. The van der Waals surface area contributed by atoms with Crippen molar-refractivity contribution in [1.82, 2.24) is 16.0 Å². The number of piperidine rings is 1. The fourth-order valence-corrected chi connectivity index (χ4v) is 6.38. The Hall–Kier alpha value is -3.77. The van der Waals surface area contributed by atoms with E-state index in [1.807, 2.05) is 12.1 Å². The topological polar surface area (TPSA) is 98.1 Å². The van der Waals surface area contributed by atoms with E-state index < -0.39 is 12.5 Å². The van der Waals surface area contributed by atoms with Crippen molar-refractivity contribution in [2.45, 2.75) is 81.8 Å². The molecule has 4 heterocycles. The largest absolute Gasteiger partial charge is 0.573 e. The Bertz CT molecular complexity index is 1410. The average Bonchev–Trinajstić information content (AvgIpc) is 3.46. The quantitative estimate of drug-likeness (QED) is 0.337.